The number of anilines is 1. The molecule has 2 heterocycles. The lowest BCUT2D eigenvalue weighted by molar-refractivity contribution is -0.161. The number of nitrogens with two attached hydrogens (primary N) is 1. The average Bonchev–Trinajstić information content (AvgIpc) is 3.95. The van der Waals surface area contributed by atoms with Crippen LogP contribution in [0.2, 0.25) is 0 Å². The summed E-state index contributed by atoms with van der Waals surface area (Å²) in [4.78, 5) is 61.4. The Morgan fingerprint density at radius 3 is 2.38 bits per heavy atom. The molecule has 1 aliphatic heterocycles. The van der Waals surface area contributed by atoms with Gasteiger partial charge in [-0.3, -0.25) is 9.59 Å². The van der Waals surface area contributed by atoms with Gasteiger partial charge in [-0.15, -0.1) is 0 Å². The molecule has 2 fully saturated rings. The van der Waals surface area contributed by atoms with Crippen molar-refractivity contribution >= 4 is 41.5 Å². The SMILES string of the molecule is C=Cc1cc(C(=O)Nc2ccc(C(N)=NC(O)OCC3COC(C)(C)O3)cc2)c(-c2ccc(C(=O)NCC3CC3)nc2C(=O)OC(C)OC(=O)OC(C)C)cc1OC. The number of nitrogens with zero attached hydrogens (tertiary/aromatic N) is 2. The van der Waals surface area contributed by atoms with E-state index in [4.69, 9.17) is 38.9 Å². The quantitative estimate of drug-likeness (QED) is 0.0609. The number of rotatable bonds is 17. The molecular formula is C41H49N5O12. The Bertz CT molecular complexity index is 2030. The van der Waals surface area contributed by atoms with Crippen molar-refractivity contribution in [3.8, 4) is 16.9 Å². The maximum atomic E-state index is 14.1. The van der Waals surface area contributed by atoms with Crippen molar-refractivity contribution in [3.05, 3.63) is 83.2 Å². The van der Waals surface area contributed by atoms with Crippen molar-refractivity contribution < 1.29 is 57.4 Å². The fourth-order valence-corrected chi connectivity index (χ4v) is 5.73. The third-order valence-electron chi connectivity index (χ3n) is 8.75. The zero-order valence-electron chi connectivity index (χ0n) is 33.2. The summed E-state index contributed by atoms with van der Waals surface area (Å²) >= 11 is 0. The largest absolute Gasteiger partial charge is 0.511 e. The van der Waals surface area contributed by atoms with Crippen molar-refractivity contribution in [3.63, 3.8) is 0 Å². The number of hydrogen-bond donors (Lipinski definition) is 4. The van der Waals surface area contributed by atoms with Crippen LogP contribution < -0.4 is 21.1 Å². The molecule has 1 saturated carbocycles. The molecule has 17 nitrogen and oxygen atoms in total. The number of amidine groups is 1. The zero-order chi connectivity index (χ0) is 42.1. The lowest BCUT2D eigenvalue weighted by Crippen LogP contribution is -2.28. The summed E-state index contributed by atoms with van der Waals surface area (Å²) < 4.78 is 37.6. The van der Waals surface area contributed by atoms with Crippen LogP contribution >= 0.6 is 0 Å². The van der Waals surface area contributed by atoms with Crippen LogP contribution in [0.25, 0.3) is 17.2 Å². The number of carbonyl (C=O) groups is 4. The van der Waals surface area contributed by atoms with Crippen LogP contribution in [0.1, 0.15) is 89.9 Å². The molecule has 1 saturated heterocycles. The number of esters is 1. The first-order valence-electron chi connectivity index (χ1n) is 18.6. The second kappa shape index (κ2) is 19.0. The van der Waals surface area contributed by atoms with E-state index in [-0.39, 0.29) is 46.6 Å². The van der Waals surface area contributed by atoms with E-state index in [1.165, 1.54) is 44.4 Å². The number of hydrogen-bond acceptors (Lipinski definition) is 14. The van der Waals surface area contributed by atoms with Gasteiger partial charge in [0.05, 0.1) is 26.4 Å². The highest BCUT2D eigenvalue weighted by atomic mass is 16.8. The van der Waals surface area contributed by atoms with Crippen molar-refractivity contribution in [1.82, 2.24) is 10.3 Å². The number of aromatic nitrogens is 1. The van der Waals surface area contributed by atoms with E-state index >= 15 is 0 Å². The normalized spacial score (nSPS) is 17.2. The molecule has 5 N–H and O–H groups in total. The summed E-state index contributed by atoms with van der Waals surface area (Å²) in [6, 6.07) is 12.3. The first kappa shape index (κ1) is 43.2. The fraction of sp³-hybridized carbons (Fsp3) is 0.415. The Morgan fingerprint density at radius 2 is 1.76 bits per heavy atom. The van der Waals surface area contributed by atoms with E-state index in [0.717, 1.165) is 12.8 Å². The van der Waals surface area contributed by atoms with Gasteiger partial charge in [-0.25, -0.2) is 19.6 Å². The predicted octanol–water partition coefficient (Wildman–Crippen LogP) is 5.01. The van der Waals surface area contributed by atoms with Crippen molar-refractivity contribution in [2.75, 3.05) is 32.2 Å². The van der Waals surface area contributed by atoms with Gasteiger partial charge in [0.25, 0.3) is 18.2 Å². The van der Waals surface area contributed by atoms with Gasteiger partial charge >= 0.3 is 12.1 Å². The summed E-state index contributed by atoms with van der Waals surface area (Å²) in [7, 11) is 1.43. The van der Waals surface area contributed by atoms with Crippen LogP contribution in [0.4, 0.5) is 10.5 Å². The minimum atomic E-state index is -1.56. The minimum absolute atomic E-state index is 0.0181. The highest BCUT2D eigenvalue weighted by molar-refractivity contribution is 6.11. The number of amides is 2. The maximum absolute atomic E-state index is 14.1. The Hall–Kier alpha value is -5.88. The minimum Gasteiger partial charge on any atom is -0.496 e. The van der Waals surface area contributed by atoms with Gasteiger partial charge in [0, 0.05) is 47.0 Å². The summed E-state index contributed by atoms with van der Waals surface area (Å²) in [6.45, 7) is 12.8. The smallest absolute Gasteiger partial charge is 0.496 e. The molecule has 0 spiro atoms. The third kappa shape index (κ3) is 11.8. The summed E-state index contributed by atoms with van der Waals surface area (Å²) in [5.74, 6) is -2.22. The number of benzene rings is 2. The molecular weight excluding hydrogens is 754 g/mol. The highest BCUT2D eigenvalue weighted by Crippen LogP contribution is 2.35. The number of aliphatic imine (C=N–C) groups is 1. The van der Waals surface area contributed by atoms with Crippen LogP contribution in [0.3, 0.4) is 0 Å². The molecule has 3 aromatic rings. The van der Waals surface area contributed by atoms with Gasteiger partial charge < -0.3 is 54.6 Å². The van der Waals surface area contributed by atoms with Gasteiger partial charge in [-0.1, -0.05) is 12.7 Å². The highest BCUT2D eigenvalue weighted by Gasteiger charge is 2.33. The number of pyridine rings is 1. The average molecular weight is 804 g/mol. The van der Waals surface area contributed by atoms with Gasteiger partial charge in [-0.2, -0.15) is 0 Å². The molecule has 0 bridgehead atoms. The van der Waals surface area contributed by atoms with Crippen molar-refractivity contribution in [2.45, 2.75) is 78.2 Å². The monoisotopic (exact) mass is 803 g/mol. The molecule has 2 aliphatic rings. The number of nitrogens with one attached hydrogen (secondary N) is 2. The van der Waals surface area contributed by atoms with E-state index in [1.807, 2.05) is 0 Å². The molecule has 1 aromatic heterocycles. The maximum Gasteiger partial charge on any atom is 0.511 e. The number of aliphatic hydroxyl groups excluding tert-OH is 1. The second-order valence-electron chi connectivity index (χ2n) is 14.3. The van der Waals surface area contributed by atoms with Crippen LogP contribution in [0.15, 0.2) is 60.1 Å². The van der Waals surface area contributed by atoms with Crippen molar-refractivity contribution in [2.24, 2.45) is 16.6 Å². The molecule has 17 heteroatoms. The topological polar surface area (TPSA) is 228 Å². The lowest BCUT2D eigenvalue weighted by Gasteiger charge is -2.19. The van der Waals surface area contributed by atoms with E-state index in [2.05, 4.69) is 27.2 Å². The summed E-state index contributed by atoms with van der Waals surface area (Å²) in [5, 5.41) is 15.9. The van der Waals surface area contributed by atoms with E-state index in [9.17, 15) is 24.3 Å². The van der Waals surface area contributed by atoms with Crippen LogP contribution in [0, 0.1) is 5.92 Å². The van der Waals surface area contributed by atoms with Gasteiger partial charge in [0.1, 0.15) is 23.4 Å². The fourth-order valence-electron chi connectivity index (χ4n) is 5.73. The first-order chi connectivity index (χ1) is 27.5. The number of carbonyl (C=O) groups excluding carboxylic acids is 4. The Labute approximate surface area is 335 Å². The van der Waals surface area contributed by atoms with Gasteiger partial charge in [0.2, 0.25) is 6.29 Å². The molecule has 3 unspecified atom stereocenters. The lowest BCUT2D eigenvalue weighted by atomic mass is 9.94. The summed E-state index contributed by atoms with van der Waals surface area (Å²) in [5.41, 5.74) is 7.35. The number of aliphatic hydroxyl groups is 1. The Balaban J connectivity index is 1.41. The molecule has 2 amide bonds. The van der Waals surface area contributed by atoms with E-state index in [0.29, 0.717) is 41.6 Å². The number of methoxy groups -OCH3 is 1. The first-order valence-corrected chi connectivity index (χ1v) is 18.6. The number of ether oxygens (including phenoxy) is 7. The molecule has 310 valence electrons. The molecule has 0 radical (unpaired) electrons. The zero-order valence-corrected chi connectivity index (χ0v) is 33.2. The molecule has 1 aliphatic carbocycles. The Kier molecular flexibility index (Phi) is 14.2. The molecule has 58 heavy (non-hydrogen) atoms. The van der Waals surface area contributed by atoms with Crippen LogP contribution in [-0.2, 0) is 28.4 Å². The van der Waals surface area contributed by atoms with E-state index in [1.54, 1.807) is 52.0 Å². The van der Waals surface area contributed by atoms with Crippen LogP contribution in [-0.4, -0.2) is 97.4 Å². The molecule has 2 aromatic carbocycles. The van der Waals surface area contributed by atoms with Gasteiger partial charge in [-0.05, 0) is 95.0 Å². The molecule has 5 rings (SSSR count). The second-order valence-corrected chi connectivity index (χ2v) is 14.3. The van der Waals surface area contributed by atoms with Crippen molar-refractivity contribution in [1.29, 1.82) is 0 Å². The predicted molar refractivity (Wildman–Crippen MR) is 211 cm³/mol. The summed E-state index contributed by atoms with van der Waals surface area (Å²) in [6.07, 6.45) is -1.36. The molecule has 3 atom stereocenters. The van der Waals surface area contributed by atoms with Crippen LogP contribution in [0.5, 0.6) is 5.75 Å². The standard InChI is InChI=1S/C41H49N5O12/c1-8-25-17-31(36(47)44-27-13-11-26(12-14-27)35(42)46-39(50)53-20-28-21-54-41(5,6)58-28)30(18-33(25)52-7)29-15-16-32(37(48)43-19-24-9-10-24)45-34(29)38(49)56-23(4)57-40(51)55-22(2)3/h8,11-18,22-24,28,39,50H,1,9-10,19-21H2,2-7H3,(H2,42,46)(H,43,48)(H,44,47). The van der Waals surface area contributed by atoms with Gasteiger partial charge in [0.15, 0.2) is 11.5 Å². The Morgan fingerprint density at radius 1 is 1.03 bits per heavy atom. The van der Waals surface area contributed by atoms with E-state index < -0.39 is 48.5 Å². The third-order valence-corrected chi connectivity index (χ3v) is 8.75.